The number of methoxy groups -OCH3 is 2. The number of benzene rings is 1. The van der Waals surface area contributed by atoms with Crippen molar-refractivity contribution >= 4 is 0 Å². The number of nitrogens with one attached hydrogen (secondary N) is 1. The fourth-order valence-corrected chi connectivity index (χ4v) is 1.72. The maximum Gasteiger partial charge on any atom is 0.123 e. The fraction of sp³-hybridized carbons (Fsp3) is 0.467. The Hall–Kier alpha value is -1.66. The van der Waals surface area contributed by atoms with Crippen molar-refractivity contribution in [1.82, 2.24) is 5.32 Å². The summed E-state index contributed by atoms with van der Waals surface area (Å²) in [5.41, 5.74) is 1.11. The van der Waals surface area contributed by atoms with E-state index < -0.39 is 0 Å². The van der Waals surface area contributed by atoms with E-state index in [4.69, 9.17) is 15.9 Å². The third kappa shape index (κ3) is 4.68. The van der Waals surface area contributed by atoms with Gasteiger partial charge in [0.1, 0.15) is 11.5 Å². The molecule has 98 valence electrons. The molecule has 1 aromatic rings. The Morgan fingerprint density at radius 1 is 1.22 bits per heavy atom. The Morgan fingerprint density at radius 3 is 2.72 bits per heavy atom. The second kappa shape index (κ2) is 8.43. The van der Waals surface area contributed by atoms with Crippen LogP contribution in [0.15, 0.2) is 18.2 Å². The Morgan fingerprint density at radius 2 is 2.06 bits per heavy atom. The predicted octanol–water partition coefficient (Wildman–Crippen LogP) is 2.60. The molecular weight excluding hydrogens is 226 g/mol. The summed E-state index contributed by atoms with van der Waals surface area (Å²) in [5.74, 6) is 4.37. The molecule has 1 rings (SSSR count). The molecule has 0 bridgehead atoms. The third-order valence-corrected chi connectivity index (χ3v) is 2.73. The van der Waals surface area contributed by atoms with Crippen molar-refractivity contribution in [3.63, 3.8) is 0 Å². The molecule has 0 aliphatic heterocycles. The molecule has 0 aromatic heterocycles. The summed E-state index contributed by atoms with van der Waals surface area (Å²) in [4.78, 5) is 0. The van der Waals surface area contributed by atoms with Gasteiger partial charge in [-0.25, -0.2) is 0 Å². The summed E-state index contributed by atoms with van der Waals surface area (Å²) in [6, 6.07) is 5.82. The average molecular weight is 247 g/mol. The van der Waals surface area contributed by atoms with E-state index in [-0.39, 0.29) is 0 Å². The fourth-order valence-electron chi connectivity index (χ4n) is 1.72. The molecule has 0 fully saturated rings. The molecular formula is C15H21NO2. The quantitative estimate of drug-likeness (QED) is 0.566. The van der Waals surface area contributed by atoms with Gasteiger partial charge in [-0.15, -0.1) is 12.3 Å². The minimum absolute atomic E-state index is 0.774. The van der Waals surface area contributed by atoms with E-state index in [0.29, 0.717) is 0 Å². The van der Waals surface area contributed by atoms with E-state index in [1.807, 2.05) is 18.2 Å². The van der Waals surface area contributed by atoms with Crippen molar-refractivity contribution in [1.29, 1.82) is 0 Å². The Kier molecular flexibility index (Phi) is 6.75. The average Bonchev–Trinajstić information content (AvgIpc) is 2.42. The normalized spacial score (nSPS) is 9.83. The maximum absolute atomic E-state index is 5.32. The van der Waals surface area contributed by atoms with E-state index in [2.05, 4.69) is 11.2 Å². The number of hydrogen-bond acceptors (Lipinski definition) is 3. The van der Waals surface area contributed by atoms with E-state index in [1.165, 1.54) is 0 Å². The standard InChI is InChI=1S/C15H21NO2/c1-4-5-6-7-10-16-12-13-11-14(17-2)8-9-15(13)18-3/h1,8-9,11,16H,5-7,10,12H2,2-3H3. The van der Waals surface area contributed by atoms with Crippen molar-refractivity contribution in [3.05, 3.63) is 23.8 Å². The van der Waals surface area contributed by atoms with E-state index >= 15 is 0 Å². The number of terminal acetylenes is 1. The van der Waals surface area contributed by atoms with Gasteiger partial charge in [0.25, 0.3) is 0 Å². The molecule has 0 saturated carbocycles. The first-order chi connectivity index (χ1) is 8.81. The molecule has 0 heterocycles. The molecule has 0 radical (unpaired) electrons. The summed E-state index contributed by atoms with van der Waals surface area (Å²) >= 11 is 0. The van der Waals surface area contributed by atoms with Crippen LogP contribution in [0.3, 0.4) is 0 Å². The molecule has 0 unspecified atom stereocenters. The molecule has 18 heavy (non-hydrogen) atoms. The van der Waals surface area contributed by atoms with Gasteiger partial charge in [0.05, 0.1) is 14.2 Å². The highest BCUT2D eigenvalue weighted by Gasteiger charge is 2.04. The van der Waals surface area contributed by atoms with Crippen molar-refractivity contribution in [2.45, 2.75) is 25.8 Å². The van der Waals surface area contributed by atoms with Gasteiger partial charge in [0.2, 0.25) is 0 Å². The molecule has 1 N–H and O–H groups in total. The lowest BCUT2D eigenvalue weighted by molar-refractivity contribution is 0.397. The molecule has 1 aromatic carbocycles. The second-order valence-electron chi connectivity index (χ2n) is 4.02. The Balaban J connectivity index is 2.42. The summed E-state index contributed by atoms with van der Waals surface area (Å²) < 4.78 is 10.5. The Labute approximate surface area is 109 Å². The van der Waals surface area contributed by atoms with Crippen LogP contribution in [0, 0.1) is 12.3 Å². The van der Waals surface area contributed by atoms with Gasteiger partial charge >= 0.3 is 0 Å². The molecule has 0 amide bonds. The zero-order valence-electron chi connectivity index (χ0n) is 11.2. The lowest BCUT2D eigenvalue weighted by Gasteiger charge is -2.11. The maximum atomic E-state index is 5.32. The minimum atomic E-state index is 0.774. The van der Waals surface area contributed by atoms with Gasteiger partial charge in [0.15, 0.2) is 0 Å². The van der Waals surface area contributed by atoms with Crippen molar-refractivity contribution in [3.8, 4) is 23.8 Å². The number of rotatable bonds is 8. The smallest absolute Gasteiger partial charge is 0.123 e. The highest BCUT2D eigenvalue weighted by atomic mass is 16.5. The molecule has 0 saturated heterocycles. The first kappa shape index (κ1) is 14.4. The number of unbranched alkanes of at least 4 members (excludes halogenated alkanes) is 2. The van der Waals surface area contributed by atoms with E-state index in [1.54, 1.807) is 14.2 Å². The van der Waals surface area contributed by atoms with Crippen LogP contribution in [0.2, 0.25) is 0 Å². The zero-order valence-corrected chi connectivity index (χ0v) is 11.2. The molecule has 0 spiro atoms. The van der Waals surface area contributed by atoms with Gasteiger partial charge < -0.3 is 14.8 Å². The first-order valence-corrected chi connectivity index (χ1v) is 6.17. The molecule has 0 atom stereocenters. The number of ether oxygens (including phenoxy) is 2. The molecule has 3 nitrogen and oxygen atoms in total. The Bertz CT molecular complexity index is 396. The highest BCUT2D eigenvalue weighted by molar-refractivity contribution is 5.40. The SMILES string of the molecule is C#CCCCCNCc1cc(OC)ccc1OC. The van der Waals surface area contributed by atoms with Crippen LogP contribution in [0.25, 0.3) is 0 Å². The van der Waals surface area contributed by atoms with Crippen LogP contribution in [0.1, 0.15) is 24.8 Å². The van der Waals surface area contributed by atoms with Crippen LogP contribution in [0.5, 0.6) is 11.5 Å². The van der Waals surface area contributed by atoms with Crippen molar-refractivity contribution in [2.75, 3.05) is 20.8 Å². The van der Waals surface area contributed by atoms with Crippen LogP contribution >= 0.6 is 0 Å². The predicted molar refractivity (Wildman–Crippen MR) is 73.9 cm³/mol. The van der Waals surface area contributed by atoms with Crippen LogP contribution in [-0.4, -0.2) is 20.8 Å². The molecule has 3 heteroatoms. The zero-order chi connectivity index (χ0) is 13.2. The topological polar surface area (TPSA) is 30.5 Å². The summed E-state index contributed by atoms with van der Waals surface area (Å²) in [7, 11) is 3.34. The van der Waals surface area contributed by atoms with Crippen LogP contribution < -0.4 is 14.8 Å². The van der Waals surface area contributed by atoms with E-state index in [0.717, 1.165) is 49.4 Å². The lowest BCUT2D eigenvalue weighted by Crippen LogP contribution is -2.15. The second-order valence-corrected chi connectivity index (χ2v) is 4.02. The monoisotopic (exact) mass is 247 g/mol. The third-order valence-electron chi connectivity index (χ3n) is 2.73. The van der Waals surface area contributed by atoms with Crippen LogP contribution in [-0.2, 0) is 6.54 Å². The van der Waals surface area contributed by atoms with Gasteiger partial charge in [-0.2, -0.15) is 0 Å². The van der Waals surface area contributed by atoms with Crippen molar-refractivity contribution in [2.24, 2.45) is 0 Å². The first-order valence-electron chi connectivity index (χ1n) is 6.17. The molecule has 0 aliphatic carbocycles. The largest absolute Gasteiger partial charge is 0.497 e. The van der Waals surface area contributed by atoms with Crippen molar-refractivity contribution < 1.29 is 9.47 Å². The summed E-state index contributed by atoms with van der Waals surface area (Å²) in [5, 5.41) is 3.38. The highest BCUT2D eigenvalue weighted by Crippen LogP contribution is 2.23. The van der Waals surface area contributed by atoms with Gasteiger partial charge in [0, 0.05) is 18.5 Å². The van der Waals surface area contributed by atoms with Gasteiger partial charge in [-0.3, -0.25) is 0 Å². The van der Waals surface area contributed by atoms with E-state index in [9.17, 15) is 0 Å². The number of hydrogen-bond donors (Lipinski definition) is 1. The van der Waals surface area contributed by atoms with Gasteiger partial charge in [-0.1, -0.05) is 0 Å². The summed E-state index contributed by atoms with van der Waals surface area (Å²) in [6.45, 7) is 1.73. The summed E-state index contributed by atoms with van der Waals surface area (Å²) in [6.07, 6.45) is 8.22. The van der Waals surface area contributed by atoms with Gasteiger partial charge in [-0.05, 0) is 37.6 Å². The lowest BCUT2D eigenvalue weighted by atomic mass is 10.2. The molecule has 0 aliphatic rings. The minimum Gasteiger partial charge on any atom is -0.497 e. The van der Waals surface area contributed by atoms with Crippen LogP contribution in [0.4, 0.5) is 0 Å².